The number of aromatic nitrogens is 2. The van der Waals surface area contributed by atoms with Crippen LogP contribution in [-0.4, -0.2) is 39.2 Å². The van der Waals surface area contributed by atoms with Crippen LogP contribution in [0.15, 0.2) is 28.8 Å². The third-order valence-electron chi connectivity index (χ3n) is 4.39. The molecule has 170 valence electrons. The number of carbonyl (C=O) groups excluding carboxylic acids is 2. The molecule has 0 saturated heterocycles. The minimum Gasteiger partial charge on any atom is -0.444 e. The average Bonchev–Trinajstić information content (AvgIpc) is 3.13. The van der Waals surface area contributed by atoms with Gasteiger partial charge in [0.15, 0.2) is 5.82 Å². The van der Waals surface area contributed by atoms with Crippen molar-refractivity contribution in [2.75, 3.05) is 11.9 Å². The van der Waals surface area contributed by atoms with E-state index in [1.807, 2.05) is 72.7 Å². The van der Waals surface area contributed by atoms with Crippen LogP contribution in [0.3, 0.4) is 0 Å². The Morgan fingerprint density at radius 1 is 1.13 bits per heavy atom. The van der Waals surface area contributed by atoms with Gasteiger partial charge in [-0.05, 0) is 39.3 Å². The van der Waals surface area contributed by atoms with Gasteiger partial charge in [-0.1, -0.05) is 44.1 Å². The number of ether oxygens (including phenoxy) is 1. The van der Waals surface area contributed by atoms with E-state index in [-0.39, 0.29) is 23.8 Å². The molecule has 0 aliphatic heterocycles. The number of nitrogens with zero attached hydrogens (tertiary/aromatic N) is 3. The molecule has 1 aromatic heterocycles. The van der Waals surface area contributed by atoms with E-state index in [9.17, 15) is 9.59 Å². The highest BCUT2D eigenvalue weighted by molar-refractivity contribution is 5.91. The van der Waals surface area contributed by atoms with Crippen molar-refractivity contribution in [2.45, 2.75) is 78.9 Å². The number of hydrogen-bond donors (Lipinski definition) is 1. The molecule has 2 amide bonds. The van der Waals surface area contributed by atoms with Crippen molar-refractivity contribution in [1.82, 2.24) is 15.0 Å². The quantitative estimate of drug-likeness (QED) is 0.684. The van der Waals surface area contributed by atoms with Crippen LogP contribution in [0.1, 0.15) is 72.2 Å². The molecule has 0 spiro atoms. The Hall–Kier alpha value is -2.90. The smallest absolute Gasteiger partial charge is 0.410 e. The number of amides is 2. The van der Waals surface area contributed by atoms with Crippen LogP contribution in [0, 0.1) is 0 Å². The maximum absolute atomic E-state index is 12.5. The third kappa shape index (κ3) is 7.70. The summed E-state index contributed by atoms with van der Waals surface area (Å²) in [5, 5.41) is 6.91. The number of nitrogens with one attached hydrogen (secondary N) is 1. The van der Waals surface area contributed by atoms with Crippen LogP contribution in [0.2, 0.25) is 0 Å². The van der Waals surface area contributed by atoms with Gasteiger partial charge in [0.25, 0.3) is 0 Å². The lowest BCUT2D eigenvalue weighted by atomic mass is 9.96. The fourth-order valence-corrected chi connectivity index (χ4v) is 2.71. The van der Waals surface area contributed by atoms with Crippen molar-refractivity contribution < 1.29 is 18.8 Å². The summed E-state index contributed by atoms with van der Waals surface area (Å²) < 4.78 is 10.7. The summed E-state index contributed by atoms with van der Waals surface area (Å²) in [4.78, 5) is 30.9. The highest BCUT2D eigenvalue weighted by Gasteiger charge is 2.23. The predicted molar refractivity (Wildman–Crippen MR) is 119 cm³/mol. The number of carbonyl (C=O) groups is 2. The van der Waals surface area contributed by atoms with E-state index < -0.39 is 5.60 Å². The first-order valence-corrected chi connectivity index (χ1v) is 10.6. The Morgan fingerprint density at radius 2 is 1.81 bits per heavy atom. The average molecular weight is 431 g/mol. The lowest BCUT2D eigenvalue weighted by Gasteiger charge is -2.27. The fraction of sp³-hybridized carbons (Fsp3) is 0.565. The van der Waals surface area contributed by atoms with E-state index in [0.717, 1.165) is 5.56 Å². The number of hydrogen-bond acceptors (Lipinski definition) is 6. The van der Waals surface area contributed by atoms with Crippen molar-refractivity contribution >= 4 is 17.7 Å². The highest BCUT2D eigenvalue weighted by atomic mass is 16.6. The first-order valence-electron chi connectivity index (χ1n) is 10.6. The zero-order chi connectivity index (χ0) is 23.2. The molecule has 0 aliphatic rings. The van der Waals surface area contributed by atoms with E-state index in [4.69, 9.17) is 9.26 Å². The van der Waals surface area contributed by atoms with Gasteiger partial charge in [-0.3, -0.25) is 4.79 Å². The molecule has 1 aromatic carbocycles. The zero-order valence-electron chi connectivity index (χ0n) is 19.6. The monoisotopic (exact) mass is 430 g/mol. The van der Waals surface area contributed by atoms with Crippen molar-refractivity contribution in [3.8, 4) is 0 Å². The summed E-state index contributed by atoms with van der Waals surface area (Å²) in [6, 6.07) is 7.42. The lowest BCUT2D eigenvalue weighted by Crippen LogP contribution is -2.36. The summed E-state index contributed by atoms with van der Waals surface area (Å²) >= 11 is 0. The molecule has 2 rings (SSSR count). The van der Waals surface area contributed by atoms with Crippen LogP contribution in [0.25, 0.3) is 0 Å². The molecule has 0 saturated carbocycles. The molecule has 0 unspecified atom stereocenters. The first-order chi connectivity index (χ1) is 14.4. The SMILES string of the molecule is CCN(Cc1ccccc1NC(=O)CCc1nc(C(C)(C)C)no1)C(=O)OC(C)(C)C. The molecule has 0 atom stereocenters. The minimum absolute atomic E-state index is 0.164. The second kappa shape index (κ2) is 9.94. The Balaban J connectivity index is 2.00. The topological polar surface area (TPSA) is 97.6 Å². The maximum atomic E-state index is 12.5. The van der Waals surface area contributed by atoms with Gasteiger partial charge in [-0.15, -0.1) is 0 Å². The molecule has 2 aromatic rings. The number of rotatable bonds is 7. The van der Waals surface area contributed by atoms with Crippen molar-refractivity contribution in [3.05, 3.63) is 41.5 Å². The van der Waals surface area contributed by atoms with Gasteiger partial charge >= 0.3 is 6.09 Å². The molecule has 0 fully saturated rings. The van der Waals surface area contributed by atoms with E-state index in [1.165, 1.54) is 0 Å². The van der Waals surface area contributed by atoms with E-state index in [0.29, 0.717) is 36.9 Å². The van der Waals surface area contributed by atoms with Crippen molar-refractivity contribution in [2.24, 2.45) is 0 Å². The Morgan fingerprint density at radius 3 is 2.39 bits per heavy atom. The zero-order valence-corrected chi connectivity index (χ0v) is 19.6. The predicted octanol–water partition coefficient (Wildman–Crippen LogP) is 4.70. The third-order valence-corrected chi connectivity index (χ3v) is 4.39. The summed E-state index contributed by atoms with van der Waals surface area (Å²) in [5.74, 6) is 0.897. The number of benzene rings is 1. The molecular formula is C23H34N4O4. The molecule has 8 nitrogen and oxygen atoms in total. The van der Waals surface area contributed by atoms with Crippen LogP contribution < -0.4 is 5.32 Å². The molecule has 0 aliphatic carbocycles. The molecule has 31 heavy (non-hydrogen) atoms. The molecule has 1 heterocycles. The van der Waals surface area contributed by atoms with Crippen LogP contribution >= 0.6 is 0 Å². The van der Waals surface area contributed by atoms with E-state index in [1.54, 1.807) is 4.90 Å². The largest absolute Gasteiger partial charge is 0.444 e. The molecule has 0 bridgehead atoms. The molecular weight excluding hydrogens is 396 g/mol. The van der Waals surface area contributed by atoms with Crippen LogP contribution in [-0.2, 0) is 27.9 Å². The lowest BCUT2D eigenvalue weighted by molar-refractivity contribution is -0.116. The van der Waals surface area contributed by atoms with Crippen molar-refractivity contribution in [3.63, 3.8) is 0 Å². The Labute approximate surface area is 184 Å². The van der Waals surface area contributed by atoms with Gasteiger partial charge < -0.3 is 19.5 Å². The Kier molecular flexibility index (Phi) is 7.81. The first kappa shape index (κ1) is 24.4. The maximum Gasteiger partial charge on any atom is 0.410 e. The van der Waals surface area contributed by atoms with Gasteiger partial charge in [0, 0.05) is 30.5 Å². The van der Waals surface area contributed by atoms with Gasteiger partial charge in [-0.2, -0.15) is 4.98 Å². The number of anilines is 1. The summed E-state index contributed by atoms with van der Waals surface area (Å²) in [6.07, 6.45) is 0.182. The normalized spacial score (nSPS) is 11.8. The molecule has 0 radical (unpaired) electrons. The number of para-hydroxylation sites is 1. The fourth-order valence-electron chi connectivity index (χ4n) is 2.71. The van der Waals surface area contributed by atoms with Gasteiger partial charge in [0.05, 0.1) is 6.54 Å². The van der Waals surface area contributed by atoms with Crippen LogP contribution in [0.4, 0.5) is 10.5 Å². The van der Waals surface area contributed by atoms with Gasteiger partial charge in [0.1, 0.15) is 5.60 Å². The van der Waals surface area contributed by atoms with Crippen LogP contribution in [0.5, 0.6) is 0 Å². The second-order valence-corrected chi connectivity index (χ2v) is 9.46. The summed E-state index contributed by atoms with van der Waals surface area (Å²) in [5.41, 5.74) is 0.717. The highest BCUT2D eigenvalue weighted by Crippen LogP contribution is 2.21. The van der Waals surface area contributed by atoms with Crippen molar-refractivity contribution in [1.29, 1.82) is 0 Å². The second-order valence-electron chi connectivity index (χ2n) is 9.46. The molecule has 1 N–H and O–H groups in total. The summed E-state index contributed by atoms with van der Waals surface area (Å²) in [7, 11) is 0. The summed E-state index contributed by atoms with van der Waals surface area (Å²) in [6.45, 7) is 14.2. The number of aryl methyl sites for hydroxylation is 1. The van der Waals surface area contributed by atoms with E-state index in [2.05, 4.69) is 15.5 Å². The standard InChI is InChI=1S/C23H34N4O4/c1-8-27(21(29)30-23(5,6)7)15-16-11-9-10-12-17(16)24-18(28)13-14-19-25-20(26-31-19)22(2,3)4/h9-12H,8,13-15H2,1-7H3,(H,24,28). The van der Waals surface area contributed by atoms with E-state index >= 15 is 0 Å². The van der Waals surface area contributed by atoms with Gasteiger partial charge in [0.2, 0.25) is 11.8 Å². The minimum atomic E-state index is -0.570. The molecule has 8 heteroatoms. The Bertz CT molecular complexity index is 893. The van der Waals surface area contributed by atoms with Gasteiger partial charge in [-0.25, -0.2) is 4.79 Å².